The van der Waals surface area contributed by atoms with E-state index in [9.17, 15) is 0 Å². The molecule has 0 fully saturated rings. The summed E-state index contributed by atoms with van der Waals surface area (Å²) in [5.74, 6) is 0.571. The first kappa shape index (κ1) is 10.6. The molecular weight excluding hydrogens is 203 g/mol. The van der Waals surface area contributed by atoms with E-state index in [1.807, 2.05) is 32.0 Å². The van der Waals surface area contributed by atoms with Gasteiger partial charge in [0.1, 0.15) is 0 Å². The molecule has 0 bridgehead atoms. The normalized spacial score (nSPS) is 11.8. The standard InChI is InChI=1S/C11H12Cl2/c1-8(7-12)5-10-3-4-11(13)6-9(10)2/h3-6H,7H2,1-2H3/b8-5-. The van der Waals surface area contributed by atoms with Gasteiger partial charge < -0.3 is 0 Å². The van der Waals surface area contributed by atoms with Gasteiger partial charge in [0, 0.05) is 10.9 Å². The van der Waals surface area contributed by atoms with Crippen LogP contribution in [-0.4, -0.2) is 5.88 Å². The molecule has 0 N–H and O–H groups in total. The average Bonchev–Trinajstić information content (AvgIpc) is 2.09. The van der Waals surface area contributed by atoms with E-state index in [0.717, 1.165) is 10.6 Å². The highest BCUT2D eigenvalue weighted by molar-refractivity contribution is 6.30. The Bertz CT molecular complexity index is 327. The van der Waals surface area contributed by atoms with Crippen LogP contribution in [0.1, 0.15) is 18.1 Å². The highest BCUT2D eigenvalue weighted by atomic mass is 35.5. The van der Waals surface area contributed by atoms with Crippen LogP contribution in [0.4, 0.5) is 0 Å². The molecule has 70 valence electrons. The second kappa shape index (κ2) is 4.69. The highest BCUT2D eigenvalue weighted by Crippen LogP contribution is 2.17. The molecule has 0 heterocycles. The van der Waals surface area contributed by atoms with Gasteiger partial charge in [0.15, 0.2) is 0 Å². The first-order valence-electron chi connectivity index (χ1n) is 4.13. The Hall–Kier alpha value is -0.460. The summed E-state index contributed by atoms with van der Waals surface area (Å²) in [4.78, 5) is 0. The van der Waals surface area contributed by atoms with Crippen LogP contribution >= 0.6 is 23.2 Å². The first-order chi connectivity index (χ1) is 6.13. The second-order valence-corrected chi connectivity index (χ2v) is 3.83. The molecule has 0 saturated heterocycles. The fourth-order valence-electron chi connectivity index (χ4n) is 1.11. The lowest BCUT2D eigenvalue weighted by atomic mass is 10.1. The summed E-state index contributed by atoms with van der Waals surface area (Å²) in [6.07, 6.45) is 2.08. The zero-order chi connectivity index (χ0) is 9.84. The average molecular weight is 215 g/mol. The van der Waals surface area contributed by atoms with Crippen LogP contribution in [0.25, 0.3) is 6.08 Å². The summed E-state index contributed by atoms with van der Waals surface area (Å²) in [6, 6.07) is 5.85. The molecule has 1 aromatic rings. The van der Waals surface area contributed by atoms with Gasteiger partial charge >= 0.3 is 0 Å². The second-order valence-electron chi connectivity index (χ2n) is 3.13. The summed E-state index contributed by atoms with van der Waals surface area (Å²) >= 11 is 11.5. The Balaban J connectivity index is 3.03. The minimum absolute atomic E-state index is 0.571. The molecule has 0 aliphatic heterocycles. The van der Waals surface area contributed by atoms with Crippen LogP contribution < -0.4 is 0 Å². The molecule has 1 rings (SSSR count). The number of alkyl halides is 1. The molecule has 0 radical (unpaired) electrons. The molecule has 0 amide bonds. The Morgan fingerprint density at radius 3 is 2.69 bits per heavy atom. The number of hydrogen-bond donors (Lipinski definition) is 0. The van der Waals surface area contributed by atoms with Crippen LogP contribution in [0.5, 0.6) is 0 Å². The van der Waals surface area contributed by atoms with E-state index in [1.165, 1.54) is 11.1 Å². The summed E-state index contributed by atoms with van der Waals surface area (Å²) in [5.41, 5.74) is 3.52. The molecule has 0 aliphatic rings. The summed E-state index contributed by atoms with van der Waals surface area (Å²) in [7, 11) is 0. The SMILES string of the molecule is C/C(=C/c1ccc(Cl)cc1C)CCl. The molecule has 1 aromatic carbocycles. The van der Waals surface area contributed by atoms with Gasteiger partial charge in [-0.3, -0.25) is 0 Å². The maximum atomic E-state index is 5.84. The Kier molecular flexibility index (Phi) is 3.83. The Labute approximate surface area is 89.2 Å². The van der Waals surface area contributed by atoms with Crippen molar-refractivity contribution >= 4 is 29.3 Å². The predicted octanol–water partition coefficient (Wildman–Crippen LogP) is 4.29. The van der Waals surface area contributed by atoms with E-state index < -0.39 is 0 Å². The van der Waals surface area contributed by atoms with Gasteiger partial charge in [-0.25, -0.2) is 0 Å². The lowest BCUT2D eigenvalue weighted by Gasteiger charge is -2.02. The van der Waals surface area contributed by atoms with Crippen LogP contribution in [0.15, 0.2) is 23.8 Å². The van der Waals surface area contributed by atoms with Gasteiger partial charge in [-0.15, -0.1) is 11.6 Å². The van der Waals surface area contributed by atoms with Crippen LogP contribution in [0.3, 0.4) is 0 Å². The van der Waals surface area contributed by atoms with E-state index >= 15 is 0 Å². The summed E-state index contributed by atoms with van der Waals surface area (Å²) in [6.45, 7) is 4.06. The Morgan fingerprint density at radius 1 is 1.46 bits per heavy atom. The monoisotopic (exact) mass is 214 g/mol. The molecule has 0 spiro atoms. The molecule has 13 heavy (non-hydrogen) atoms. The molecule has 0 atom stereocenters. The predicted molar refractivity (Wildman–Crippen MR) is 60.6 cm³/mol. The molecule has 2 heteroatoms. The third kappa shape index (κ3) is 3.06. The number of allylic oxidation sites excluding steroid dienone is 1. The first-order valence-corrected chi connectivity index (χ1v) is 5.04. The Morgan fingerprint density at radius 2 is 2.15 bits per heavy atom. The van der Waals surface area contributed by atoms with Crippen molar-refractivity contribution in [2.24, 2.45) is 0 Å². The highest BCUT2D eigenvalue weighted by Gasteiger charge is 1.96. The van der Waals surface area contributed by atoms with Gasteiger partial charge in [0.05, 0.1) is 0 Å². The van der Waals surface area contributed by atoms with Gasteiger partial charge in [-0.05, 0) is 37.1 Å². The quantitative estimate of drug-likeness (QED) is 0.645. The largest absolute Gasteiger partial charge is 0.122 e. The van der Waals surface area contributed by atoms with Gasteiger partial charge in [-0.2, -0.15) is 0 Å². The third-order valence-corrected chi connectivity index (χ3v) is 2.50. The van der Waals surface area contributed by atoms with E-state index in [2.05, 4.69) is 6.08 Å². The maximum absolute atomic E-state index is 5.84. The fourth-order valence-corrected chi connectivity index (χ4v) is 1.41. The number of aryl methyl sites for hydroxylation is 1. The topological polar surface area (TPSA) is 0 Å². The van der Waals surface area contributed by atoms with Crippen LogP contribution in [0, 0.1) is 6.92 Å². The fraction of sp³-hybridized carbons (Fsp3) is 0.273. The maximum Gasteiger partial charge on any atom is 0.0434 e. The van der Waals surface area contributed by atoms with E-state index in [-0.39, 0.29) is 0 Å². The van der Waals surface area contributed by atoms with Gasteiger partial charge in [0.25, 0.3) is 0 Å². The van der Waals surface area contributed by atoms with Crippen molar-refractivity contribution in [3.63, 3.8) is 0 Å². The van der Waals surface area contributed by atoms with Crippen molar-refractivity contribution in [3.05, 3.63) is 39.9 Å². The lowest BCUT2D eigenvalue weighted by molar-refractivity contribution is 1.39. The summed E-state index contributed by atoms with van der Waals surface area (Å²) < 4.78 is 0. The minimum atomic E-state index is 0.571. The van der Waals surface area contributed by atoms with Crippen molar-refractivity contribution in [2.45, 2.75) is 13.8 Å². The zero-order valence-corrected chi connectivity index (χ0v) is 9.28. The molecule has 0 saturated carbocycles. The number of hydrogen-bond acceptors (Lipinski definition) is 0. The van der Waals surface area contributed by atoms with E-state index in [1.54, 1.807) is 0 Å². The van der Waals surface area contributed by atoms with E-state index in [0.29, 0.717) is 5.88 Å². The van der Waals surface area contributed by atoms with Crippen molar-refractivity contribution in [3.8, 4) is 0 Å². The van der Waals surface area contributed by atoms with Gasteiger partial charge in [-0.1, -0.05) is 29.3 Å². The van der Waals surface area contributed by atoms with Crippen molar-refractivity contribution in [2.75, 3.05) is 5.88 Å². The molecule has 0 nitrogen and oxygen atoms in total. The van der Waals surface area contributed by atoms with Crippen molar-refractivity contribution < 1.29 is 0 Å². The van der Waals surface area contributed by atoms with E-state index in [4.69, 9.17) is 23.2 Å². The molecule has 0 unspecified atom stereocenters. The molecule has 0 aliphatic carbocycles. The zero-order valence-electron chi connectivity index (χ0n) is 7.77. The molecule has 0 aromatic heterocycles. The van der Waals surface area contributed by atoms with Crippen LogP contribution in [0.2, 0.25) is 5.02 Å². The smallest absolute Gasteiger partial charge is 0.0434 e. The molecular formula is C11H12Cl2. The van der Waals surface area contributed by atoms with Gasteiger partial charge in [0.2, 0.25) is 0 Å². The minimum Gasteiger partial charge on any atom is -0.122 e. The van der Waals surface area contributed by atoms with Crippen LogP contribution in [-0.2, 0) is 0 Å². The third-order valence-electron chi connectivity index (χ3n) is 1.84. The lowest BCUT2D eigenvalue weighted by Crippen LogP contribution is -1.83. The van der Waals surface area contributed by atoms with Crippen molar-refractivity contribution in [1.82, 2.24) is 0 Å². The number of benzene rings is 1. The summed E-state index contributed by atoms with van der Waals surface area (Å²) in [5, 5.41) is 0.776. The van der Waals surface area contributed by atoms with Crippen molar-refractivity contribution in [1.29, 1.82) is 0 Å². The number of rotatable bonds is 2. The number of halogens is 2.